The van der Waals surface area contributed by atoms with E-state index in [2.05, 4.69) is 25.3 Å². The van der Waals surface area contributed by atoms with Crippen LogP contribution in [0, 0.1) is 13.8 Å². The number of carbonyl (C=O) groups is 1. The van der Waals surface area contributed by atoms with Gasteiger partial charge >= 0.3 is 0 Å². The predicted octanol–water partition coefficient (Wildman–Crippen LogP) is 3.23. The minimum atomic E-state index is -0.0298. The summed E-state index contributed by atoms with van der Waals surface area (Å²) in [4.78, 5) is 21.4. The fourth-order valence-corrected chi connectivity index (χ4v) is 4.02. The Morgan fingerprint density at radius 2 is 1.93 bits per heavy atom. The topological polar surface area (TPSA) is 89.7 Å². The third kappa shape index (κ3) is 3.02. The lowest BCUT2D eigenvalue weighted by molar-refractivity contribution is 0.0926. The van der Waals surface area contributed by atoms with E-state index in [0.29, 0.717) is 12.5 Å². The molecular formula is C22H21N7O. The van der Waals surface area contributed by atoms with Crippen LogP contribution < -0.4 is 10.6 Å². The van der Waals surface area contributed by atoms with Gasteiger partial charge in [-0.25, -0.2) is 14.6 Å². The summed E-state index contributed by atoms with van der Waals surface area (Å²) in [5.74, 6) is 0.476. The summed E-state index contributed by atoms with van der Waals surface area (Å²) in [5, 5.41) is 10.4. The molecule has 3 aromatic heterocycles. The van der Waals surface area contributed by atoms with Gasteiger partial charge < -0.3 is 15.2 Å². The maximum atomic E-state index is 12.3. The van der Waals surface area contributed by atoms with Crippen molar-refractivity contribution in [2.75, 3.05) is 11.9 Å². The Balaban J connectivity index is 1.45. The number of rotatable bonds is 4. The summed E-state index contributed by atoms with van der Waals surface area (Å²) in [7, 11) is 0. The fourth-order valence-electron chi connectivity index (χ4n) is 4.02. The van der Waals surface area contributed by atoms with Gasteiger partial charge in [0.15, 0.2) is 0 Å². The quantitative estimate of drug-likeness (QED) is 0.550. The number of aromatic nitrogens is 5. The largest absolute Gasteiger partial charge is 0.349 e. The second-order valence-corrected chi connectivity index (χ2v) is 7.23. The first-order valence-corrected chi connectivity index (χ1v) is 9.80. The summed E-state index contributed by atoms with van der Waals surface area (Å²) in [6.07, 6.45) is 5.38. The molecule has 1 aromatic carbocycles. The standard InChI is InChI=1S/C22H21N7O/c1-14-19(15(2)28-13-11-23-21(30)20(14)28)18-8-10-24-22(27-18)26-16-4-6-17(7-5-16)29-12-3-9-25-29/h3-10,12H,11,13H2,1-2H3,(H,23,30)(H,24,26,27). The molecule has 0 radical (unpaired) electrons. The van der Waals surface area contributed by atoms with Gasteiger partial charge in [0.2, 0.25) is 5.95 Å². The summed E-state index contributed by atoms with van der Waals surface area (Å²) in [6, 6.07) is 11.7. The number of nitrogens with zero attached hydrogens (tertiary/aromatic N) is 5. The van der Waals surface area contributed by atoms with Gasteiger partial charge in [0.25, 0.3) is 5.91 Å². The molecule has 0 saturated heterocycles. The highest BCUT2D eigenvalue weighted by Gasteiger charge is 2.26. The molecule has 0 unspecified atom stereocenters. The molecule has 8 heteroatoms. The molecule has 0 atom stereocenters. The van der Waals surface area contributed by atoms with E-state index < -0.39 is 0 Å². The van der Waals surface area contributed by atoms with Crippen LogP contribution in [0.15, 0.2) is 55.0 Å². The van der Waals surface area contributed by atoms with Crippen molar-refractivity contribution < 1.29 is 4.79 Å². The van der Waals surface area contributed by atoms with Crippen molar-refractivity contribution >= 4 is 17.5 Å². The van der Waals surface area contributed by atoms with Crippen LogP contribution in [-0.2, 0) is 6.54 Å². The maximum absolute atomic E-state index is 12.3. The number of nitrogens with one attached hydrogen (secondary N) is 2. The van der Waals surface area contributed by atoms with Crippen LogP contribution in [0.25, 0.3) is 16.9 Å². The van der Waals surface area contributed by atoms with E-state index in [1.165, 1.54) is 0 Å². The number of anilines is 2. The number of hydrogen-bond donors (Lipinski definition) is 2. The lowest BCUT2D eigenvalue weighted by Gasteiger charge is -2.17. The van der Waals surface area contributed by atoms with Gasteiger partial charge in [-0.1, -0.05) is 0 Å². The summed E-state index contributed by atoms with van der Waals surface area (Å²) in [6.45, 7) is 5.42. The first-order chi connectivity index (χ1) is 14.6. The minimum absolute atomic E-state index is 0.0298. The third-order valence-corrected chi connectivity index (χ3v) is 5.41. The second kappa shape index (κ2) is 7.14. The summed E-state index contributed by atoms with van der Waals surface area (Å²) in [5.41, 5.74) is 6.35. The number of fused-ring (bicyclic) bond motifs is 1. The summed E-state index contributed by atoms with van der Waals surface area (Å²) < 4.78 is 3.88. The Hall–Kier alpha value is -3.94. The predicted molar refractivity (Wildman–Crippen MR) is 114 cm³/mol. The lowest BCUT2D eigenvalue weighted by Crippen LogP contribution is -2.35. The lowest BCUT2D eigenvalue weighted by atomic mass is 10.1. The first-order valence-electron chi connectivity index (χ1n) is 9.80. The fraction of sp³-hybridized carbons (Fsp3) is 0.182. The van der Waals surface area contributed by atoms with Crippen molar-refractivity contribution in [1.82, 2.24) is 29.6 Å². The van der Waals surface area contributed by atoms with Gasteiger partial charge in [-0.05, 0) is 55.8 Å². The van der Waals surface area contributed by atoms with E-state index >= 15 is 0 Å². The zero-order valence-electron chi connectivity index (χ0n) is 16.8. The Labute approximate surface area is 173 Å². The van der Waals surface area contributed by atoms with E-state index in [1.807, 2.05) is 56.4 Å². The van der Waals surface area contributed by atoms with Crippen LogP contribution in [0.1, 0.15) is 21.7 Å². The van der Waals surface area contributed by atoms with Gasteiger partial charge in [0, 0.05) is 48.6 Å². The highest BCUT2D eigenvalue weighted by Crippen LogP contribution is 2.32. The molecule has 0 fully saturated rings. The van der Waals surface area contributed by atoms with Crippen LogP contribution in [-0.4, -0.2) is 36.8 Å². The van der Waals surface area contributed by atoms with Crippen molar-refractivity contribution in [2.45, 2.75) is 20.4 Å². The van der Waals surface area contributed by atoms with Crippen LogP contribution in [0.2, 0.25) is 0 Å². The highest BCUT2D eigenvalue weighted by molar-refractivity contribution is 5.97. The van der Waals surface area contributed by atoms with Crippen LogP contribution >= 0.6 is 0 Å². The normalized spacial score (nSPS) is 13.1. The number of carbonyl (C=O) groups excluding carboxylic acids is 1. The van der Waals surface area contributed by atoms with E-state index in [1.54, 1.807) is 17.1 Å². The van der Waals surface area contributed by atoms with Crippen molar-refractivity contribution in [3.8, 4) is 16.9 Å². The number of benzene rings is 1. The molecule has 4 aromatic rings. The molecule has 0 bridgehead atoms. The average Bonchev–Trinajstić information content (AvgIpc) is 3.37. The maximum Gasteiger partial charge on any atom is 0.268 e. The Morgan fingerprint density at radius 1 is 1.10 bits per heavy atom. The van der Waals surface area contributed by atoms with Crippen LogP contribution in [0.5, 0.6) is 0 Å². The summed E-state index contributed by atoms with van der Waals surface area (Å²) >= 11 is 0. The average molecular weight is 399 g/mol. The molecule has 0 aliphatic carbocycles. The van der Waals surface area contributed by atoms with Gasteiger partial charge in [-0.2, -0.15) is 5.10 Å². The minimum Gasteiger partial charge on any atom is -0.349 e. The number of hydrogen-bond acceptors (Lipinski definition) is 5. The zero-order valence-corrected chi connectivity index (χ0v) is 16.8. The molecule has 150 valence electrons. The van der Waals surface area contributed by atoms with Crippen LogP contribution in [0.4, 0.5) is 11.6 Å². The Kier molecular flexibility index (Phi) is 4.31. The van der Waals surface area contributed by atoms with Gasteiger partial charge in [-0.3, -0.25) is 4.79 Å². The monoisotopic (exact) mass is 399 g/mol. The Bertz CT molecular complexity index is 1220. The molecule has 5 rings (SSSR count). The van der Waals surface area contributed by atoms with Crippen molar-refractivity contribution in [1.29, 1.82) is 0 Å². The SMILES string of the molecule is Cc1c(-c2ccnc(Nc3ccc(-n4cccn4)cc3)n2)c(C)n2c1C(=O)NCC2. The molecule has 4 heterocycles. The van der Waals surface area contributed by atoms with Crippen LogP contribution in [0.3, 0.4) is 0 Å². The first kappa shape index (κ1) is 18.1. The van der Waals surface area contributed by atoms with Gasteiger partial charge in [0.05, 0.1) is 11.4 Å². The molecule has 1 amide bonds. The molecule has 0 spiro atoms. The van der Waals surface area contributed by atoms with E-state index in [0.717, 1.165) is 46.1 Å². The van der Waals surface area contributed by atoms with E-state index in [4.69, 9.17) is 4.98 Å². The third-order valence-electron chi connectivity index (χ3n) is 5.41. The Morgan fingerprint density at radius 3 is 2.67 bits per heavy atom. The molecule has 1 aliphatic heterocycles. The molecule has 0 saturated carbocycles. The molecule has 8 nitrogen and oxygen atoms in total. The molecule has 30 heavy (non-hydrogen) atoms. The smallest absolute Gasteiger partial charge is 0.268 e. The van der Waals surface area contributed by atoms with Crippen molar-refractivity contribution in [3.05, 3.63) is 71.9 Å². The second-order valence-electron chi connectivity index (χ2n) is 7.23. The highest BCUT2D eigenvalue weighted by atomic mass is 16.2. The zero-order chi connectivity index (χ0) is 20.7. The molecule has 2 N–H and O–H groups in total. The van der Waals surface area contributed by atoms with E-state index in [-0.39, 0.29) is 5.91 Å². The van der Waals surface area contributed by atoms with Crippen molar-refractivity contribution in [2.24, 2.45) is 0 Å². The van der Waals surface area contributed by atoms with E-state index in [9.17, 15) is 4.79 Å². The molecule has 1 aliphatic rings. The van der Waals surface area contributed by atoms with Crippen molar-refractivity contribution in [3.63, 3.8) is 0 Å². The van der Waals surface area contributed by atoms with Gasteiger partial charge in [-0.15, -0.1) is 0 Å². The molecular weight excluding hydrogens is 378 g/mol. The number of amides is 1. The van der Waals surface area contributed by atoms with Gasteiger partial charge in [0.1, 0.15) is 5.69 Å².